The third-order valence-electron chi connectivity index (χ3n) is 4.12. The highest BCUT2D eigenvalue weighted by Gasteiger charge is 2.21. The molecule has 120 valence electrons. The molecule has 1 aromatic carbocycles. The van der Waals surface area contributed by atoms with Crippen LogP contribution in [0, 0.1) is 0 Å². The molecule has 4 rings (SSSR count). The molecular weight excluding hydrogens is 326 g/mol. The van der Waals surface area contributed by atoms with Crippen LogP contribution >= 0.6 is 11.3 Å². The molecule has 1 aliphatic rings. The van der Waals surface area contributed by atoms with Gasteiger partial charge < -0.3 is 15.6 Å². The Morgan fingerprint density at radius 2 is 2.17 bits per heavy atom. The lowest BCUT2D eigenvalue weighted by molar-refractivity contribution is 0.0703. The number of carboxylic acid groups (broad SMARTS) is 1. The Morgan fingerprint density at radius 1 is 1.29 bits per heavy atom. The van der Waals surface area contributed by atoms with Crippen molar-refractivity contribution in [3.05, 3.63) is 52.7 Å². The lowest BCUT2D eigenvalue weighted by Gasteiger charge is -2.09. The Kier molecular flexibility index (Phi) is 3.42. The van der Waals surface area contributed by atoms with E-state index in [1.165, 1.54) is 11.3 Å². The van der Waals surface area contributed by atoms with Crippen molar-refractivity contribution in [2.24, 2.45) is 5.16 Å². The van der Waals surface area contributed by atoms with Crippen molar-refractivity contribution < 1.29 is 15.1 Å². The minimum absolute atomic E-state index is 0.260. The van der Waals surface area contributed by atoms with Crippen LogP contribution in [0.2, 0.25) is 0 Å². The van der Waals surface area contributed by atoms with Gasteiger partial charge in [-0.1, -0.05) is 11.2 Å². The third-order valence-corrected chi connectivity index (χ3v) is 5.25. The summed E-state index contributed by atoms with van der Waals surface area (Å²) in [7, 11) is 0. The minimum atomic E-state index is -0.963. The van der Waals surface area contributed by atoms with Crippen molar-refractivity contribution in [1.82, 2.24) is 4.98 Å². The van der Waals surface area contributed by atoms with E-state index in [4.69, 9.17) is 5.21 Å². The molecule has 0 spiro atoms. The second kappa shape index (κ2) is 5.61. The fourth-order valence-electron chi connectivity index (χ4n) is 3.02. The van der Waals surface area contributed by atoms with Crippen LogP contribution < -0.4 is 5.32 Å². The Balaban J connectivity index is 1.78. The maximum absolute atomic E-state index is 11.6. The molecule has 2 aromatic heterocycles. The summed E-state index contributed by atoms with van der Waals surface area (Å²) in [5.74, 6) is -0.963. The number of benzene rings is 1. The fourth-order valence-corrected chi connectivity index (χ4v) is 3.99. The molecule has 0 bridgehead atoms. The molecule has 24 heavy (non-hydrogen) atoms. The van der Waals surface area contributed by atoms with Crippen LogP contribution in [0.3, 0.4) is 0 Å². The number of nitrogens with zero attached hydrogens (tertiary/aromatic N) is 2. The van der Waals surface area contributed by atoms with E-state index in [0.717, 1.165) is 33.3 Å². The number of hydrogen-bond acceptors (Lipinski definition) is 6. The molecule has 7 heteroatoms. The number of rotatable bonds is 3. The van der Waals surface area contributed by atoms with E-state index in [-0.39, 0.29) is 4.88 Å². The summed E-state index contributed by atoms with van der Waals surface area (Å²) in [6.07, 6.45) is 4.84. The largest absolute Gasteiger partial charge is 0.477 e. The summed E-state index contributed by atoms with van der Waals surface area (Å²) < 4.78 is 0.827. The third kappa shape index (κ3) is 2.30. The first-order valence-corrected chi connectivity index (χ1v) is 8.20. The fraction of sp³-hybridized carbons (Fsp3) is 0.118. The Morgan fingerprint density at radius 3 is 2.96 bits per heavy atom. The average molecular weight is 339 g/mol. The van der Waals surface area contributed by atoms with Crippen LogP contribution in [-0.2, 0) is 6.42 Å². The highest BCUT2D eigenvalue weighted by Crippen LogP contribution is 2.37. The second-order valence-corrected chi connectivity index (χ2v) is 6.58. The molecule has 1 aliphatic carbocycles. The van der Waals surface area contributed by atoms with Gasteiger partial charge in [-0.05, 0) is 36.6 Å². The van der Waals surface area contributed by atoms with E-state index in [0.29, 0.717) is 17.8 Å². The van der Waals surface area contributed by atoms with Crippen molar-refractivity contribution in [3.8, 4) is 0 Å². The van der Waals surface area contributed by atoms with Gasteiger partial charge in [0.15, 0.2) is 0 Å². The number of hydrogen-bond donors (Lipinski definition) is 3. The lowest BCUT2D eigenvalue weighted by atomic mass is 10.1. The van der Waals surface area contributed by atoms with E-state index in [1.54, 1.807) is 12.4 Å². The predicted molar refractivity (Wildman–Crippen MR) is 92.9 cm³/mol. The van der Waals surface area contributed by atoms with E-state index in [9.17, 15) is 9.90 Å². The Bertz CT molecular complexity index is 994. The number of aromatic nitrogens is 1. The van der Waals surface area contributed by atoms with Gasteiger partial charge in [0.05, 0.1) is 16.1 Å². The Hall–Kier alpha value is -2.93. The maximum Gasteiger partial charge on any atom is 0.348 e. The van der Waals surface area contributed by atoms with Gasteiger partial charge in [0.2, 0.25) is 0 Å². The second-order valence-electron chi connectivity index (χ2n) is 5.53. The monoisotopic (exact) mass is 339 g/mol. The van der Waals surface area contributed by atoms with E-state index < -0.39 is 5.97 Å². The van der Waals surface area contributed by atoms with Gasteiger partial charge in [0.25, 0.3) is 0 Å². The molecule has 0 unspecified atom stereocenters. The lowest BCUT2D eigenvalue weighted by Crippen LogP contribution is -2.00. The minimum Gasteiger partial charge on any atom is -0.477 e. The predicted octanol–water partition coefficient (Wildman–Crippen LogP) is 3.86. The van der Waals surface area contributed by atoms with Crippen LogP contribution in [-0.4, -0.2) is 27.0 Å². The van der Waals surface area contributed by atoms with Crippen LogP contribution in [0.15, 0.2) is 41.8 Å². The molecule has 3 N–H and O–H groups in total. The summed E-state index contributed by atoms with van der Waals surface area (Å²) in [5.41, 5.74) is 4.12. The first kappa shape index (κ1) is 14.6. The average Bonchev–Trinajstić information content (AvgIpc) is 3.16. The Labute approximate surface area is 141 Å². The number of pyridine rings is 1. The van der Waals surface area contributed by atoms with Gasteiger partial charge in [-0.2, -0.15) is 0 Å². The number of aromatic carboxylic acids is 1. The highest BCUT2D eigenvalue weighted by atomic mass is 32.1. The normalized spacial score (nSPS) is 14.9. The van der Waals surface area contributed by atoms with E-state index in [2.05, 4.69) is 15.5 Å². The van der Waals surface area contributed by atoms with Crippen LogP contribution in [0.5, 0.6) is 0 Å². The van der Waals surface area contributed by atoms with Crippen molar-refractivity contribution in [2.75, 3.05) is 5.32 Å². The topological polar surface area (TPSA) is 94.8 Å². The molecule has 0 saturated heterocycles. The van der Waals surface area contributed by atoms with Gasteiger partial charge in [-0.15, -0.1) is 11.3 Å². The zero-order valence-electron chi connectivity index (χ0n) is 12.5. The maximum atomic E-state index is 11.6. The van der Waals surface area contributed by atoms with Gasteiger partial charge in [0.1, 0.15) is 4.88 Å². The first-order chi connectivity index (χ1) is 11.7. The number of fused-ring (bicyclic) bond motifs is 2. The summed E-state index contributed by atoms with van der Waals surface area (Å²) in [6.45, 7) is 0. The van der Waals surface area contributed by atoms with Crippen LogP contribution in [0.1, 0.15) is 27.2 Å². The molecule has 0 amide bonds. The highest BCUT2D eigenvalue weighted by molar-refractivity contribution is 7.21. The van der Waals surface area contributed by atoms with Crippen molar-refractivity contribution in [2.45, 2.75) is 12.8 Å². The van der Waals surface area contributed by atoms with E-state index in [1.807, 2.05) is 24.3 Å². The van der Waals surface area contributed by atoms with Gasteiger partial charge in [-0.3, -0.25) is 4.98 Å². The zero-order chi connectivity index (χ0) is 16.7. The molecule has 0 saturated carbocycles. The molecule has 2 heterocycles. The van der Waals surface area contributed by atoms with Crippen LogP contribution in [0.4, 0.5) is 11.4 Å². The van der Waals surface area contributed by atoms with Crippen molar-refractivity contribution in [3.63, 3.8) is 0 Å². The number of carbonyl (C=O) groups is 1. The van der Waals surface area contributed by atoms with Gasteiger partial charge in [-0.25, -0.2) is 4.79 Å². The van der Waals surface area contributed by atoms with Crippen molar-refractivity contribution in [1.29, 1.82) is 0 Å². The molecule has 0 atom stereocenters. The van der Waals surface area contributed by atoms with Gasteiger partial charge >= 0.3 is 5.97 Å². The SMILES string of the molecule is O=C(O)c1sc2cnccc2c1Nc1ccc2c(c1)CC/C2=N/O. The number of oxime groups is 1. The quantitative estimate of drug-likeness (QED) is 0.497. The van der Waals surface area contributed by atoms with Crippen LogP contribution in [0.25, 0.3) is 10.1 Å². The molecule has 0 fully saturated rings. The molecule has 0 aliphatic heterocycles. The van der Waals surface area contributed by atoms with E-state index >= 15 is 0 Å². The zero-order valence-corrected chi connectivity index (χ0v) is 13.3. The summed E-state index contributed by atoms with van der Waals surface area (Å²) in [4.78, 5) is 15.9. The summed E-state index contributed by atoms with van der Waals surface area (Å²) in [6, 6.07) is 7.55. The molecule has 6 nitrogen and oxygen atoms in total. The number of anilines is 2. The summed E-state index contributed by atoms with van der Waals surface area (Å²) >= 11 is 1.20. The number of nitrogens with one attached hydrogen (secondary N) is 1. The van der Waals surface area contributed by atoms with Crippen molar-refractivity contribution >= 4 is 44.5 Å². The molecule has 0 radical (unpaired) electrons. The summed E-state index contributed by atoms with van der Waals surface area (Å²) in [5, 5.41) is 25.9. The molecule has 3 aromatic rings. The first-order valence-electron chi connectivity index (χ1n) is 7.38. The smallest absolute Gasteiger partial charge is 0.348 e. The van der Waals surface area contributed by atoms with Gasteiger partial charge in [0, 0.05) is 29.0 Å². The number of aryl methyl sites for hydroxylation is 1. The number of thiophene rings is 1. The molecular formula is C17H13N3O3S. The number of carboxylic acids is 1. The standard InChI is InChI=1S/C17H13N3O3S/c21-17(22)16-15(12-5-6-18-8-14(12)24-16)19-10-2-3-11-9(7-10)1-4-13(11)20-23/h2-3,5-8,19,23H,1,4H2,(H,21,22)/b20-13-.